The molecule has 0 N–H and O–H groups in total. The predicted octanol–water partition coefficient (Wildman–Crippen LogP) is 5.83. The van der Waals surface area contributed by atoms with E-state index in [-0.39, 0.29) is 17.5 Å². The lowest BCUT2D eigenvalue weighted by molar-refractivity contribution is -0.138. The van der Waals surface area contributed by atoms with E-state index < -0.39 is 35.6 Å². The maximum Gasteiger partial charge on any atom is 0.417 e. The molecule has 0 spiro atoms. The van der Waals surface area contributed by atoms with Gasteiger partial charge in [-0.15, -0.1) is 0 Å². The maximum absolute atomic E-state index is 13.4. The number of rotatable bonds is 4. The third kappa shape index (κ3) is 4.69. The summed E-state index contributed by atoms with van der Waals surface area (Å²) in [4.78, 5) is 28.3. The second-order valence-electron chi connectivity index (χ2n) is 8.12. The van der Waals surface area contributed by atoms with Crippen LogP contribution in [0.1, 0.15) is 33.5 Å². The Morgan fingerprint density at radius 3 is 1.89 bits per heavy atom. The number of benzene rings is 1. The number of carbonyl (C=O) groups excluding carboxylic acids is 1. The Labute approximate surface area is 211 Å². The van der Waals surface area contributed by atoms with Gasteiger partial charge in [-0.3, -0.25) is 14.3 Å². The van der Waals surface area contributed by atoms with Gasteiger partial charge < -0.3 is 4.90 Å². The molecule has 1 aliphatic rings. The number of imidazole rings is 1. The highest BCUT2D eigenvalue weighted by Gasteiger charge is 2.38. The predicted molar refractivity (Wildman–Crippen MR) is 123 cm³/mol. The van der Waals surface area contributed by atoms with Gasteiger partial charge in [-0.05, 0) is 36.4 Å². The number of aromatic nitrogens is 4. The molecule has 7 nitrogen and oxygen atoms in total. The van der Waals surface area contributed by atoms with Crippen LogP contribution in [0.2, 0.25) is 0 Å². The average molecular weight is 530 g/mol. The zero-order chi connectivity index (χ0) is 27.1. The number of nitrogens with zero attached hydrogens (tertiary/aromatic N) is 6. The van der Waals surface area contributed by atoms with E-state index in [1.807, 2.05) is 0 Å². The molecule has 0 radical (unpaired) electrons. The van der Waals surface area contributed by atoms with Crippen LogP contribution >= 0.6 is 0 Å². The summed E-state index contributed by atoms with van der Waals surface area (Å²) >= 11 is 0. The number of pyridine rings is 2. The molecule has 1 atom stereocenters. The molecule has 0 saturated heterocycles. The maximum atomic E-state index is 13.4. The van der Waals surface area contributed by atoms with Crippen molar-refractivity contribution in [1.82, 2.24) is 24.4 Å². The van der Waals surface area contributed by atoms with E-state index in [2.05, 4.69) is 15.0 Å². The van der Waals surface area contributed by atoms with Gasteiger partial charge in [0, 0.05) is 42.8 Å². The monoisotopic (exact) mass is 530 g/mol. The van der Waals surface area contributed by atoms with Crippen molar-refractivity contribution in [2.75, 3.05) is 4.90 Å². The van der Waals surface area contributed by atoms with Crippen LogP contribution in [0.3, 0.4) is 0 Å². The van der Waals surface area contributed by atoms with Crippen LogP contribution in [0.25, 0.3) is 5.82 Å². The third-order valence-electron chi connectivity index (χ3n) is 5.73. The van der Waals surface area contributed by atoms with E-state index in [9.17, 15) is 31.1 Å². The van der Waals surface area contributed by atoms with Gasteiger partial charge in [0.05, 0.1) is 11.1 Å². The number of halogens is 6. The first-order valence-corrected chi connectivity index (χ1v) is 11.0. The van der Waals surface area contributed by atoms with Crippen molar-refractivity contribution in [1.29, 1.82) is 0 Å². The summed E-state index contributed by atoms with van der Waals surface area (Å²) in [6.45, 7) is 0. The van der Waals surface area contributed by atoms with Gasteiger partial charge in [-0.1, -0.05) is 18.2 Å². The molecule has 1 aromatic carbocycles. The molecule has 194 valence electrons. The first-order valence-electron chi connectivity index (χ1n) is 11.0. The molecule has 3 aromatic heterocycles. The Hall–Kier alpha value is -4.68. The minimum absolute atomic E-state index is 0.0811. The highest BCUT2D eigenvalue weighted by Crippen LogP contribution is 2.37. The summed E-state index contributed by atoms with van der Waals surface area (Å²) in [7, 11) is 0. The van der Waals surface area contributed by atoms with Gasteiger partial charge >= 0.3 is 12.4 Å². The second-order valence-corrected chi connectivity index (χ2v) is 8.12. The first-order chi connectivity index (χ1) is 18.0. The average Bonchev–Trinajstić information content (AvgIpc) is 3.55. The van der Waals surface area contributed by atoms with Crippen molar-refractivity contribution in [2.45, 2.75) is 18.5 Å². The summed E-state index contributed by atoms with van der Waals surface area (Å²) in [6, 6.07) is 12.3. The molecule has 0 fully saturated rings. The van der Waals surface area contributed by atoms with Crippen LogP contribution < -0.4 is 4.90 Å². The molecule has 4 aromatic rings. The van der Waals surface area contributed by atoms with Crippen molar-refractivity contribution in [3.63, 3.8) is 0 Å². The molecule has 0 unspecified atom stereocenters. The minimum atomic E-state index is -4.59. The topological polar surface area (TPSA) is 67.2 Å². The standard InChI is InChI=1S/C25H16F6N6O/c26-24(27,28)17-6-8-19(33-14-17)35-11-10-32-21(35)22-36(20-9-7-18(15-34-20)25(29,30)31)12-13-37(22)23(38)16-4-2-1-3-5-16/h1-15,22H/t22-/m1/s1. The summed E-state index contributed by atoms with van der Waals surface area (Å²) in [5.41, 5.74) is -1.56. The fourth-order valence-electron chi connectivity index (χ4n) is 3.90. The number of carbonyl (C=O) groups is 1. The molecule has 1 amide bonds. The normalized spacial score (nSPS) is 15.8. The molecular formula is C25H16F6N6O. The smallest absolute Gasteiger partial charge is 0.303 e. The summed E-state index contributed by atoms with van der Waals surface area (Å²) in [5.74, 6) is -0.119. The highest BCUT2D eigenvalue weighted by atomic mass is 19.4. The first kappa shape index (κ1) is 25.0. The molecule has 0 bridgehead atoms. The van der Waals surface area contributed by atoms with Gasteiger partial charge in [-0.2, -0.15) is 26.3 Å². The quantitative estimate of drug-likeness (QED) is 0.311. The molecular weight excluding hydrogens is 514 g/mol. The van der Waals surface area contributed by atoms with Crippen LogP contribution in [0.4, 0.5) is 32.2 Å². The van der Waals surface area contributed by atoms with Gasteiger partial charge in [-0.25, -0.2) is 15.0 Å². The van der Waals surface area contributed by atoms with Crippen LogP contribution in [0, 0.1) is 0 Å². The number of hydrogen-bond donors (Lipinski definition) is 0. The van der Waals surface area contributed by atoms with E-state index in [0.29, 0.717) is 18.0 Å². The van der Waals surface area contributed by atoms with E-state index in [1.54, 1.807) is 30.3 Å². The SMILES string of the molecule is O=C(c1ccccc1)N1C=CN(c2ccc(C(F)(F)F)cn2)[C@H]1c1nccn1-c1ccc(C(F)(F)F)cn1. The lowest BCUT2D eigenvalue weighted by atomic mass is 10.2. The van der Waals surface area contributed by atoms with E-state index >= 15 is 0 Å². The van der Waals surface area contributed by atoms with Crippen molar-refractivity contribution in [3.8, 4) is 5.82 Å². The van der Waals surface area contributed by atoms with Gasteiger partial charge in [0.1, 0.15) is 11.6 Å². The largest absolute Gasteiger partial charge is 0.417 e. The molecule has 13 heteroatoms. The van der Waals surface area contributed by atoms with Crippen LogP contribution in [0.15, 0.2) is 91.8 Å². The molecule has 1 aliphatic heterocycles. The van der Waals surface area contributed by atoms with Gasteiger partial charge in [0.2, 0.25) is 0 Å². The van der Waals surface area contributed by atoms with Crippen molar-refractivity contribution in [3.05, 3.63) is 114 Å². The number of amides is 1. The Kier molecular flexibility index (Phi) is 6.13. The lowest BCUT2D eigenvalue weighted by Crippen LogP contribution is -2.37. The van der Waals surface area contributed by atoms with Crippen LogP contribution in [-0.4, -0.2) is 30.3 Å². The zero-order valence-electron chi connectivity index (χ0n) is 19.1. The summed E-state index contributed by atoms with van der Waals surface area (Å²) in [6.07, 6.45) is -3.16. The van der Waals surface area contributed by atoms with Crippen molar-refractivity contribution < 1.29 is 31.1 Å². The lowest BCUT2D eigenvalue weighted by Gasteiger charge is -2.31. The third-order valence-corrected chi connectivity index (χ3v) is 5.73. The van der Waals surface area contributed by atoms with Gasteiger partial charge in [0.15, 0.2) is 12.0 Å². The Morgan fingerprint density at radius 2 is 1.34 bits per heavy atom. The van der Waals surface area contributed by atoms with Crippen molar-refractivity contribution >= 4 is 11.7 Å². The van der Waals surface area contributed by atoms with Crippen LogP contribution in [-0.2, 0) is 12.4 Å². The second kappa shape index (κ2) is 9.32. The summed E-state index contributed by atoms with van der Waals surface area (Å²) in [5, 5.41) is 0. The van der Waals surface area contributed by atoms with Crippen molar-refractivity contribution in [2.24, 2.45) is 0 Å². The minimum Gasteiger partial charge on any atom is -0.303 e. The Bertz CT molecular complexity index is 1460. The Morgan fingerprint density at radius 1 is 0.737 bits per heavy atom. The molecule has 5 rings (SSSR count). The molecule has 4 heterocycles. The molecule has 0 aliphatic carbocycles. The zero-order valence-corrected chi connectivity index (χ0v) is 19.1. The van der Waals surface area contributed by atoms with E-state index in [4.69, 9.17) is 0 Å². The van der Waals surface area contributed by atoms with E-state index in [1.165, 1.54) is 39.2 Å². The summed E-state index contributed by atoms with van der Waals surface area (Å²) < 4.78 is 79.7. The molecule has 0 saturated carbocycles. The number of alkyl halides is 6. The fraction of sp³-hybridized carbons (Fsp3) is 0.120. The van der Waals surface area contributed by atoms with Gasteiger partial charge in [0.25, 0.3) is 5.91 Å². The highest BCUT2D eigenvalue weighted by molar-refractivity contribution is 5.95. The van der Waals surface area contributed by atoms with E-state index in [0.717, 1.165) is 24.3 Å². The van der Waals surface area contributed by atoms with Crippen LogP contribution in [0.5, 0.6) is 0 Å². The fourth-order valence-corrected chi connectivity index (χ4v) is 3.90. The molecule has 38 heavy (non-hydrogen) atoms. The number of hydrogen-bond acceptors (Lipinski definition) is 5. The Balaban J connectivity index is 1.57. The number of anilines is 1.